The van der Waals surface area contributed by atoms with E-state index in [9.17, 15) is 8.42 Å². The Balaban J connectivity index is 1.93. The molecule has 1 saturated heterocycles. The Morgan fingerprint density at radius 1 is 1.05 bits per heavy atom. The molecule has 2 N–H and O–H groups in total. The van der Waals surface area contributed by atoms with Crippen LogP contribution < -0.4 is 10.1 Å². The Bertz CT molecular complexity index is 508. The molecule has 5 nitrogen and oxygen atoms in total. The van der Waals surface area contributed by atoms with E-state index in [0.29, 0.717) is 0 Å². The van der Waals surface area contributed by atoms with Gasteiger partial charge in [0.25, 0.3) is 0 Å². The second-order valence-electron chi connectivity index (χ2n) is 5.24. The van der Waals surface area contributed by atoms with Crippen molar-refractivity contribution in [2.75, 3.05) is 20.1 Å². The molecule has 1 heterocycles. The van der Waals surface area contributed by atoms with E-state index in [-0.39, 0.29) is 5.75 Å². The normalized spacial score (nSPS) is 17.2. The number of hydrogen-bond donors (Lipinski definition) is 2. The molecule has 1 aromatic carbocycles. The monoisotopic (exact) mass is 297 g/mol. The SMILES string of the molecule is CNCc1ccc(CS(=O)(=O)NN2CCCCC2)cc1. The average molecular weight is 297 g/mol. The summed E-state index contributed by atoms with van der Waals surface area (Å²) in [5.74, 6) is 0.0311. The number of rotatable bonds is 6. The van der Waals surface area contributed by atoms with Gasteiger partial charge in [-0.05, 0) is 31.0 Å². The lowest BCUT2D eigenvalue weighted by molar-refractivity contribution is 0.200. The fourth-order valence-electron chi connectivity index (χ4n) is 2.39. The Morgan fingerprint density at radius 3 is 2.25 bits per heavy atom. The summed E-state index contributed by atoms with van der Waals surface area (Å²) in [6.45, 7) is 2.40. The Morgan fingerprint density at radius 2 is 1.65 bits per heavy atom. The summed E-state index contributed by atoms with van der Waals surface area (Å²) in [5.41, 5.74) is 1.96. The van der Waals surface area contributed by atoms with Crippen LogP contribution in [0.15, 0.2) is 24.3 Å². The Kier molecular flexibility index (Phi) is 5.54. The van der Waals surface area contributed by atoms with E-state index in [2.05, 4.69) is 10.1 Å². The molecule has 0 bridgehead atoms. The van der Waals surface area contributed by atoms with Crippen molar-refractivity contribution in [3.05, 3.63) is 35.4 Å². The maximum Gasteiger partial charge on any atom is 0.228 e. The van der Waals surface area contributed by atoms with Crippen molar-refractivity contribution in [3.8, 4) is 0 Å². The topological polar surface area (TPSA) is 61.4 Å². The first-order chi connectivity index (χ1) is 9.59. The summed E-state index contributed by atoms with van der Waals surface area (Å²) < 4.78 is 24.2. The van der Waals surface area contributed by atoms with Gasteiger partial charge in [-0.3, -0.25) is 0 Å². The van der Waals surface area contributed by atoms with Crippen LogP contribution in [-0.2, 0) is 22.3 Å². The number of benzene rings is 1. The van der Waals surface area contributed by atoms with Gasteiger partial charge in [-0.2, -0.15) is 0 Å². The van der Waals surface area contributed by atoms with Crippen LogP contribution in [0.1, 0.15) is 30.4 Å². The van der Waals surface area contributed by atoms with Gasteiger partial charge in [0.1, 0.15) is 0 Å². The summed E-state index contributed by atoms with van der Waals surface area (Å²) in [4.78, 5) is 2.68. The molecule has 0 radical (unpaired) electrons. The van der Waals surface area contributed by atoms with E-state index in [1.807, 2.05) is 36.3 Å². The second kappa shape index (κ2) is 7.17. The highest BCUT2D eigenvalue weighted by atomic mass is 32.2. The van der Waals surface area contributed by atoms with Gasteiger partial charge >= 0.3 is 0 Å². The number of nitrogens with one attached hydrogen (secondary N) is 2. The van der Waals surface area contributed by atoms with E-state index in [0.717, 1.165) is 43.6 Å². The van der Waals surface area contributed by atoms with Crippen molar-refractivity contribution in [2.24, 2.45) is 0 Å². The third-order valence-corrected chi connectivity index (χ3v) is 4.63. The lowest BCUT2D eigenvalue weighted by atomic mass is 10.1. The predicted molar refractivity (Wildman–Crippen MR) is 80.4 cm³/mol. The van der Waals surface area contributed by atoms with Gasteiger partial charge in [0.2, 0.25) is 10.0 Å². The first kappa shape index (κ1) is 15.4. The van der Waals surface area contributed by atoms with Gasteiger partial charge in [0, 0.05) is 19.6 Å². The highest BCUT2D eigenvalue weighted by molar-refractivity contribution is 7.88. The maximum atomic E-state index is 12.1. The molecule has 1 fully saturated rings. The fourth-order valence-corrected chi connectivity index (χ4v) is 3.66. The zero-order chi connectivity index (χ0) is 14.4. The molecule has 0 spiro atoms. The Labute approximate surface area is 121 Å². The minimum absolute atomic E-state index is 0.0311. The van der Waals surface area contributed by atoms with E-state index in [4.69, 9.17) is 0 Å². The third kappa shape index (κ3) is 4.86. The standard InChI is InChI=1S/C14H23N3O2S/c1-15-11-13-5-7-14(8-6-13)12-20(18,19)16-17-9-3-2-4-10-17/h5-8,15-16H,2-4,9-12H2,1H3. The van der Waals surface area contributed by atoms with Crippen molar-refractivity contribution < 1.29 is 8.42 Å². The average Bonchev–Trinajstić information content (AvgIpc) is 2.41. The second-order valence-corrected chi connectivity index (χ2v) is 6.95. The minimum atomic E-state index is -3.30. The van der Waals surface area contributed by atoms with Crippen LogP contribution in [0, 0.1) is 0 Å². The van der Waals surface area contributed by atoms with Crippen LogP contribution in [0.2, 0.25) is 0 Å². The summed E-state index contributed by atoms with van der Waals surface area (Å²) in [7, 11) is -1.41. The number of nitrogens with zero attached hydrogens (tertiary/aromatic N) is 1. The van der Waals surface area contributed by atoms with Gasteiger partial charge < -0.3 is 5.32 Å². The molecule has 0 unspecified atom stereocenters. The van der Waals surface area contributed by atoms with Gasteiger partial charge in [0.05, 0.1) is 5.75 Å². The first-order valence-electron chi connectivity index (χ1n) is 7.06. The van der Waals surface area contributed by atoms with E-state index in [1.165, 1.54) is 6.42 Å². The zero-order valence-corrected chi connectivity index (χ0v) is 12.7. The molecule has 0 atom stereocenters. The molecule has 1 aliphatic heterocycles. The fraction of sp³-hybridized carbons (Fsp3) is 0.571. The van der Waals surface area contributed by atoms with Crippen LogP contribution in [-0.4, -0.2) is 33.6 Å². The smallest absolute Gasteiger partial charge is 0.228 e. The van der Waals surface area contributed by atoms with Gasteiger partial charge in [-0.15, -0.1) is 4.83 Å². The number of hydrogen-bond acceptors (Lipinski definition) is 4. The van der Waals surface area contributed by atoms with Crippen molar-refractivity contribution in [2.45, 2.75) is 31.6 Å². The lowest BCUT2D eigenvalue weighted by Crippen LogP contribution is -2.45. The van der Waals surface area contributed by atoms with Crippen LogP contribution in [0.5, 0.6) is 0 Å². The van der Waals surface area contributed by atoms with Crippen LogP contribution in [0.4, 0.5) is 0 Å². The van der Waals surface area contributed by atoms with E-state index in [1.54, 1.807) is 0 Å². The van der Waals surface area contributed by atoms with Crippen LogP contribution in [0.25, 0.3) is 0 Å². The molecular weight excluding hydrogens is 274 g/mol. The van der Waals surface area contributed by atoms with Crippen LogP contribution >= 0.6 is 0 Å². The molecule has 1 aliphatic rings. The van der Waals surface area contributed by atoms with Crippen molar-refractivity contribution >= 4 is 10.0 Å². The largest absolute Gasteiger partial charge is 0.316 e. The lowest BCUT2D eigenvalue weighted by Gasteiger charge is -2.26. The molecule has 2 rings (SSSR count). The van der Waals surface area contributed by atoms with Gasteiger partial charge in [-0.1, -0.05) is 30.7 Å². The van der Waals surface area contributed by atoms with E-state index >= 15 is 0 Å². The summed E-state index contributed by atoms with van der Waals surface area (Å²) in [6, 6.07) is 7.68. The molecule has 0 saturated carbocycles. The van der Waals surface area contributed by atoms with Crippen molar-refractivity contribution in [1.29, 1.82) is 0 Å². The highest BCUT2D eigenvalue weighted by Gasteiger charge is 2.18. The van der Waals surface area contributed by atoms with Gasteiger partial charge in [0.15, 0.2) is 0 Å². The van der Waals surface area contributed by atoms with Crippen molar-refractivity contribution in [3.63, 3.8) is 0 Å². The third-order valence-electron chi connectivity index (χ3n) is 3.38. The molecule has 0 aliphatic carbocycles. The molecule has 0 amide bonds. The summed E-state index contributed by atoms with van der Waals surface area (Å²) in [5, 5.41) is 4.88. The van der Waals surface area contributed by atoms with E-state index < -0.39 is 10.0 Å². The summed E-state index contributed by atoms with van der Waals surface area (Å²) in [6.07, 6.45) is 3.30. The minimum Gasteiger partial charge on any atom is -0.316 e. The molecular formula is C14H23N3O2S. The number of sulfonamides is 1. The molecule has 0 aromatic heterocycles. The molecule has 112 valence electrons. The summed E-state index contributed by atoms with van der Waals surface area (Å²) >= 11 is 0. The van der Waals surface area contributed by atoms with Gasteiger partial charge in [-0.25, -0.2) is 13.4 Å². The van der Waals surface area contributed by atoms with Crippen LogP contribution in [0.3, 0.4) is 0 Å². The molecule has 1 aromatic rings. The number of hydrazine groups is 1. The maximum absolute atomic E-state index is 12.1. The first-order valence-corrected chi connectivity index (χ1v) is 8.72. The zero-order valence-electron chi connectivity index (χ0n) is 11.9. The highest BCUT2D eigenvalue weighted by Crippen LogP contribution is 2.10. The molecule has 20 heavy (non-hydrogen) atoms. The van der Waals surface area contributed by atoms with Crippen molar-refractivity contribution in [1.82, 2.24) is 15.2 Å². The quantitative estimate of drug-likeness (QED) is 0.829. The Hall–Kier alpha value is -0.950. The molecule has 6 heteroatoms. The number of piperidine rings is 1. The predicted octanol–water partition coefficient (Wildman–Crippen LogP) is 1.23.